The topological polar surface area (TPSA) is 46.4 Å². The van der Waals surface area contributed by atoms with Crippen LogP contribution < -0.4 is 9.64 Å². The lowest BCUT2D eigenvalue weighted by Crippen LogP contribution is -2.48. The number of aromatic nitrogens is 3. The minimum absolute atomic E-state index is 0.182. The molecule has 1 spiro atoms. The van der Waals surface area contributed by atoms with Crippen molar-refractivity contribution in [1.82, 2.24) is 19.7 Å². The van der Waals surface area contributed by atoms with Crippen LogP contribution >= 0.6 is 0 Å². The molecule has 2 saturated heterocycles. The molecule has 148 valence electrons. The Morgan fingerprint density at radius 2 is 1.89 bits per heavy atom. The van der Waals surface area contributed by atoms with Gasteiger partial charge in [-0.2, -0.15) is 0 Å². The zero-order chi connectivity index (χ0) is 19.1. The summed E-state index contributed by atoms with van der Waals surface area (Å²) in [5.41, 5.74) is 0.990. The van der Waals surface area contributed by atoms with Crippen LogP contribution in [0.1, 0.15) is 43.0 Å². The van der Waals surface area contributed by atoms with Gasteiger partial charge in [-0.25, -0.2) is 0 Å². The largest absolute Gasteiger partial charge is 0.482 e. The zero-order valence-electron chi connectivity index (χ0n) is 16.8. The molecular weight excluding hydrogens is 350 g/mol. The Labute approximate surface area is 166 Å². The summed E-state index contributed by atoms with van der Waals surface area (Å²) in [7, 11) is 4.32. The van der Waals surface area contributed by atoms with Gasteiger partial charge in [0.25, 0.3) is 0 Å². The highest BCUT2D eigenvalue weighted by Gasteiger charge is 2.38. The average molecular weight is 380 g/mol. The number of hydrogen-bond acceptors (Lipinski definition) is 5. The Morgan fingerprint density at radius 3 is 2.71 bits per heavy atom. The van der Waals surface area contributed by atoms with Crippen molar-refractivity contribution < 1.29 is 4.74 Å². The molecule has 0 unspecified atom stereocenters. The molecule has 6 heteroatoms. The van der Waals surface area contributed by atoms with E-state index >= 15 is 0 Å². The summed E-state index contributed by atoms with van der Waals surface area (Å²) in [4.78, 5) is 4.77. The molecule has 0 bridgehead atoms. The van der Waals surface area contributed by atoms with Gasteiger partial charge in [-0.1, -0.05) is 24.3 Å². The molecule has 4 heterocycles. The maximum Gasteiger partial charge on any atom is 0.226 e. The number of hydrogen-bond donors (Lipinski definition) is 0. The number of fused-ring (bicyclic) bond motifs is 1. The minimum atomic E-state index is -0.182. The van der Waals surface area contributed by atoms with E-state index in [-0.39, 0.29) is 5.60 Å². The molecule has 0 amide bonds. The lowest BCUT2D eigenvalue weighted by atomic mass is 9.88. The third-order valence-corrected chi connectivity index (χ3v) is 6.57. The van der Waals surface area contributed by atoms with Crippen molar-refractivity contribution in [3.05, 3.63) is 41.7 Å². The molecule has 0 saturated carbocycles. The zero-order valence-corrected chi connectivity index (χ0v) is 16.8. The van der Waals surface area contributed by atoms with E-state index in [9.17, 15) is 0 Å². The van der Waals surface area contributed by atoms with Crippen LogP contribution in [0.2, 0.25) is 0 Å². The van der Waals surface area contributed by atoms with E-state index in [2.05, 4.69) is 69.0 Å². The predicted molar refractivity (Wildman–Crippen MR) is 111 cm³/mol. The highest BCUT2D eigenvalue weighted by molar-refractivity contribution is 5.61. The Balaban J connectivity index is 1.29. The Kier molecular flexibility index (Phi) is 4.38. The van der Waals surface area contributed by atoms with Crippen molar-refractivity contribution in [2.75, 3.05) is 38.1 Å². The molecule has 3 aliphatic rings. The van der Waals surface area contributed by atoms with Crippen molar-refractivity contribution >= 4 is 12.0 Å². The van der Waals surface area contributed by atoms with Crippen molar-refractivity contribution in [3.63, 3.8) is 0 Å². The normalized spacial score (nSPS) is 24.2. The number of anilines is 1. The number of rotatable bonds is 2. The van der Waals surface area contributed by atoms with Crippen LogP contribution in [-0.2, 0) is 7.05 Å². The maximum atomic E-state index is 6.43. The number of likely N-dealkylation sites (N-methyl/N-ethyl adjacent to an activating group) is 1. The molecule has 28 heavy (non-hydrogen) atoms. The quantitative estimate of drug-likeness (QED) is 0.803. The van der Waals surface area contributed by atoms with Crippen LogP contribution in [0.4, 0.5) is 5.95 Å². The second kappa shape index (κ2) is 6.92. The standard InChI is InChI=1S/C22H29N5O/c1-25-13-5-7-18(16-25)20-23-24-21(26(20)2)27-14-11-22(12-15-27)10-9-17-6-3-4-8-19(17)28-22/h3-4,6,8-10,18H,5,7,11-16H2,1-2H3/t18-/m0/s1. The lowest BCUT2D eigenvalue weighted by Gasteiger charge is -2.42. The van der Waals surface area contributed by atoms with Gasteiger partial charge >= 0.3 is 0 Å². The predicted octanol–water partition coefficient (Wildman–Crippen LogP) is 3.07. The molecule has 0 radical (unpaired) electrons. The first-order valence-corrected chi connectivity index (χ1v) is 10.4. The van der Waals surface area contributed by atoms with Crippen molar-refractivity contribution in [1.29, 1.82) is 0 Å². The number of benzene rings is 1. The second-order valence-electron chi connectivity index (χ2n) is 8.54. The summed E-state index contributed by atoms with van der Waals surface area (Å²) < 4.78 is 8.64. The summed E-state index contributed by atoms with van der Waals surface area (Å²) in [6.45, 7) is 4.13. The van der Waals surface area contributed by atoms with E-state index in [1.807, 2.05) is 6.07 Å². The van der Waals surface area contributed by atoms with Crippen LogP contribution in [0, 0.1) is 0 Å². The summed E-state index contributed by atoms with van der Waals surface area (Å²) in [6, 6.07) is 8.29. The lowest BCUT2D eigenvalue weighted by molar-refractivity contribution is 0.0888. The fraction of sp³-hybridized carbons (Fsp3) is 0.545. The number of ether oxygens (including phenoxy) is 1. The van der Waals surface area contributed by atoms with E-state index in [0.29, 0.717) is 5.92 Å². The summed E-state index contributed by atoms with van der Waals surface area (Å²) >= 11 is 0. The third kappa shape index (κ3) is 3.09. The highest BCUT2D eigenvalue weighted by atomic mass is 16.5. The van der Waals surface area contributed by atoms with E-state index in [1.54, 1.807) is 0 Å². The van der Waals surface area contributed by atoms with Crippen molar-refractivity contribution in [2.24, 2.45) is 7.05 Å². The summed E-state index contributed by atoms with van der Waals surface area (Å²) in [5, 5.41) is 9.15. The first-order chi connectivity index (χ1) is 13.6. The van der Waals surface area contributed by atoms with E-state index in [0.717, 1.165) is 50.0 Å². The van der Waals surface area contributed by atoms with E-state index in [4.69, 9.17) is 4.74 Å². The Morgan fingerprint density at radius 1 is 1.07 bits per heavy atom. The third-order valence-electron chi connectivity index (χ3n) is 6.57. The van der Waals surface area contributed by atoms with Gasteiger partial charge in [0.05, 0.1) is 0 Å². The number of piperidine rings is 2. The van der Waals surface area contributed by atoms with Crippen molar-refractivity contribution in [2.45, 2.75) is 37.2 Å². The van der Waals surface area contributed by atoms with Crippen LogP contribution in [0.15, 0.2) is 30.3 Å². The van der Waals surface area contributed by atoms with Crippen LogP contribution in [0.3, 0.4) is 0 Å². The van der Waals surface area contributed by atoms with Gasteiger partial charge in [0.2, 0.25) is 5.95 Å². The van der Waals surface area contributed by atoms with Crippen molar-refractivity contribution in [3.8, 4) is 5.75 Å². The molecular formula is C22H29N5O. The molecule has 1 atom stereocenters. The number of nitrogens with zero attached hydrogens (tertiary/aromatic N) is 5. The second-order valence-corrected chi connectivity index (χ2v) is 8.54. The van der Waals surface area contributed by atoms with Gasteiger partial charge in [-0.3, -0.25) is 0 Å². The smallest absolute Gasteiger partial charge is 0.226 e. The monoisotopic (exact) mass is 379 g/mol. The van der Waals surface area contributed by atoms with E-state index in [1.165, 1.54) is 24.9 Å². The summed E-state index contributed by atoms with van der Waals surface area (Å²) in [5.74, 6) is 3.62. The molecule has 6 nitrogen and oxygen atoms in total. The fourth-order valence-corrected chi connectivity index (χ4v) is 4.90. The summed E-state index contributed by atoms with van der Waals surface area (Å²) in [6.07, 6.45) is 8.84. The van der Waals surface area contributed by atoms with Gasteiger partial charge in [0, 0.05) is 51.0 Å². The maximum absolute atomic E-state index is 6.43. The minimum Gasteiger partial charge on any atom is -0.482 e. The van der Waals surface area contributed by atoms with Gasteiger partial charge in [-0.05, 0) is 38.6 Å². The van der Waals surface area contributed by atoms with Gasteiger partial charge in [-0.15, -0.1) is 10.2 Å². The van der Waals surface area contributed by atoms with Gasteiger partial charge < -0.3 is 19.1 Å². The molecule has 2 fully saturated rings. The Bertz CT molecular complexity index is 881. The van der Waals surface area contributed by atoms with Gasteiger partial charge in [0.15, 0.2) is 0 Å². The van der Waals surface area contributed by atoms with E-state index < -0.39 is 0 Å². The molecule has 1 aromatic heterocycles. The molecule has 2 aromatic rings. The number of para-hydroxylation sites is 1. The SMILES string of the molecule is CN1CCC[C@H](c2nnc(N3CCC4(C=Cc5ccccc5O4)CC3)n2C)C1. The molecule has 0 aliphatic carbocycles. The molecule has 0 N–H and O–H groups in total. The van der Waals surface area contributed by atoms with Crippen LogP contribution in [0.5, 0.6) is 5.75 Å². The van der Waals surface area contributed by atoms with Crippen LogP contribution in [-0.4, -0.2) is 58.5 Å². The molecule has 3 aliphatic heterocycles. The fourth-order valence-electron chi connectivity index (χ4n) is 4.90. The first kappa shape index (κ1) is 17.7. The average Bonchev–Trinajstić information content (AvgIpc) is 3.10. The highest BCUT2D eigenvalue weighted by Crippen LogP contribution is 2.38. The van der Waals surface area contributed by atoms with Crippen LogP contribution in [0.25, 0.3) is 6.08 Å². The number of likely N-dealkylation sites (tertiary alicyclic amines) is 1. The first-order valence-electron chi connectivity index (χ1n) is 10.4. The molecule has 5 rings (SSSR count). The van der Waals surface area contributed by atoms with Gasteiger partial charge in [0.1, 0.15) is 17.2 Å². The Hall–Kier alpha value is -2.34. The molecule has 1 aromatic carbocycles.